The minimum Gasteiger partial charge on any atom is -0.492 e. The molecule has 0 unspecified atom stereocenters. The molecular weight excluding hydrogens is 296 g/mol. The Bertz CT molecular complexity index is 846. The van der Waals surface area contributed by atoms with Crippen molar-refractivity contribution >= 4 is 34.0 Å². The number of benzene rings is 2. The van der Waals surface area contributed by atoms with Crippen molar-refractivity contribution in [2.24, 2.45) is 0 Å². The van der Waals surface area contributed by atoms with E-state index in [9.17, 15) is 0 Å². The smallest absolute Gasteiger partial charge is 0.278 e. The molecule has 0 saturated carbocycles. The maximum atomic E-state index is 6.08. The number of nitrogens with one attached hydrogen (secondary N) is 2. The second kappa shape index (κ2) is 5.85. The van der Waals surface area contributed by atoms with Gasteiger partial charge >= 0.3 is 0 Å². The van der Waals surface area contributed by atoms with Gasteiger partial charge in [-0.1, -0.05) is 23.2 Å². The summed E-state index contributed by atoms with van der Waals surface area (Å²) in [7, 11) is 1.65. The average molecular weight is 314 g/mol. The van der Waals surface area contributed by atoms with Crippen molar-refractivity contribution < 1.29 is 9.72 Å². The normalized spacial score (nSPS) is 10.7. The van der Waals surface area contributed by atoms with E-state index < -0.39 is 0 Å². The lowest BCUT2D eigenvalue weighted by atomic mass is 10.1. The van der Waals surface area contributed by atoms with E-state index in [4.69, 9.17) is 16.3 Å². The van der Waals surface area contributed by atoms with E-state index in [1.54, 1.807) is 7.11 Å². The maximum Gasteiger partial charge on any atom is 0.278 e. The first-order chi connectivity index (χ1) is 10.6. The Morgan fingerprint density at radius 3 is 2.64 bits per heavy atom. The van der Waals surface area contributed by atoms with Crippen molar-refractivity contribution in [1.82, 2.24) is 0 Å². The van der Waals surface area contributed by atoms with Crippen LogP contribution >= 0.6 is 11.6 Å². The van der Waals surface area contributed by atoms with Crippen LogP contribution in [0.2, 0.25) is 5.02 Å². The molecule has 0 aliphatic rings. The van der Waals surface area contributed by atoms with Gasteiger partial charge in [0, 0.05) is 22.5 Å². The monoisotopic (exact) mass is 313 g/mol. The topological polar surface area (TPSA) is 35.4 Å². The van der Waals surface area contributed by atoms with E-state index in [-0.39, 0.29) is 0 Å². The Morgan fingerprint density at radius 1 is 1.05 bits per heavy atom. The maximum absolute atomic E-state index is 6.08. The van der Waals surface area contributed by atoms with E-state index in [2.05, 4.69) is 48.4 Å². The van der Waals surface area contributed by atoms with Gasteiger partial charge in [0.05, 0.1) is 7.11 Å². The summed E-state index contributed by atoms with van der Waals surface area (Å²) >= 11 is 6.08. The molecule has 112 valence electrons. The molecule has 1 aromatic heterocycles. The lowest BCUT2D eigenvalue weighted by Crippen LogP contribution is -2.12. The number of hydrogen-bond donors (Lipinski definition) is 1. The summed E-state index contributed by atoms with van der Waals surface area (Å²) in [5.74, 6) is 1.65. The van der Waals surface area contributed by atoms with Gasteiger partial charge in [-0.25, -0.2) is 10.3 Å². The Balaban J connectivity index is 2.04. The van der Waals surface area contributed by atoms with Crippen LogP contribution in [-0.2, 0) is 0 Å². The lowest BCUT2D eigenvalue weighted by Gasteiger charge is -2.08. The standard InChI is InChI=1S/C18H17ClN2O/c1-11-4-6-15-14(8-11)12(2)9-18(20-15)21-16-10-13(19)5-7-17(16)22-3/h4-10H,1-3H3,(H,20,21)/p+1. The number of rotatable bonds is 3. The van der Waals surface area contributed by atoms with Crippen LogP contribution in [0.25, 0.3) is 10.9 Å². The largest absolute Gasteiger partial charge is 0.492 e. The van der Waals surface area contributed by atoms with Crippen LogP contribution in [0.4, 0.5) is 11.5 Å². The molecule has 0 amide bonds. The fourth-order valence-corrected chi connectivity index (χ4v) is 2.73. The van der Waals surface area contributed by atoms with Gasteiger partial charge in [-0.15, -0.1) is 0 Å². The number of methoxy groups -OCH3 is 1. The predicted molar refractivity (Wildman–Crippen MR) is 91.3 cm³/mol. The highest BCUT2D eigenvalue weighted by Gasteiger charge is 2.13. The molecule has 0 bridgehead atoms. The summed E-state index contributed by atoms with van der Waals surface area (Å²) in [6.45, 7) is 4.21. The number of H-pyrrole nitrogens is 1. The minimum absolute atomic E-state index is 0.663. The first kappa shape index (κ1) is 14.7. The summed E-state index contributed by atoms with van der Waals surface area (Å²) in [5.41, 5.74) is 4.38. The summed E-state index contributed by atoms with van der Waals surface area (Å²) < 4.78 is 5.37. The number of ether oxygens (including phenoxy) is 1. The molecule has 2 aromatic carbocycles. The molecule has 0 radical (unpaired) electrons. The predicted octanol–water partition coefficient (Wildman–Crippen LogP) is 4.68. The Morgan fingerprint density at radius 2 is 1.86 bits per heavy atom. The molecule has 22 heavy (non-hydrogen) atoms. The van der Waals surface area contributed by atoms with Crippen LogP contribution in [0.5, 0.6) is 5.75 Å². The molecular formula is C18H18ClN2O+. The highest BCUT2D eigenvalue weighted by atomic mass is 35.5. The SMILES string of the molecule is COc1ccc(Cl)cc1Nc1cc(C)c2cc(C)ccc2[nH+]1. The highest BCUT2D eigenvalue weighted by molar-refractivity contribution is 6.31. The lowest BCUT2D eigenvalue weighted by molar-refractivity contribution is -0.326. The molecule has 0 spiro atoms. The number of anilines is 2. The Hall–Kier alpha value is -2.26. The van der Waals surface area contributed by atoms with Crippen LogP contribution in [0.15, 0.2) is 42.5 Å². The molecule has 0 saturated heterocycles. The van der Waals surface area contributed by atoms with E-state index in [1.807, 2.05) is 18.2 Å². The van der Waals surface area contributed by atoms with Crippen molar-refractivity contribution in [2.45, 2.75) is 13.8 Å². The van der Waals surface area contributed by atoms with E-state index in [0.717, 1.165) is 22.8 Å². The average Bonchev–Trinajstić information content (AvgIpc) is 2.48. The summed E-state index contributed by atoms with van der Waals surface area (Å²) in [4.78, 5) is 3.40. The number of aromatic amines is 1. The third-order valence-corrected chi connectivity index (χ3v) is 3.90. The summed E-state index contributed by atoms with van der Waals surface area (Å²) in [6.07, 6.45) is 0. The summed E-state index contributed by atoms with van der Waals surface area (Å²) in [6, 6.07) is 14.0. The van der Waals surface area contributed by atoms with Gasteiger partial charge in [0.25, 0.3) is 5.82 Å². The third-order valence-electron chi connectivity index (χ3n) is 3.66. The highest BCUT2D eigenvalue weighted by Crippen LogP contribution is 2.30. The molecule has 3 nitrogen and oxygen atoms in total. The van der Waals surface area contributed by atoms with Gasteiger partial charge in [0.2, 0.25) is 0 Å². The number of aromatic nitrogens is 1. The summed E-state index contributed by atoms with van der Waals surface area (Å²) in [5, 5.41) is 5.24. The van der Waals surface area contributed by atoms with Crippen molar-refractivity contribution in [3.05, 3.63) is 58.6 Å². The fraction of sp³-hybridized carbons (Fsp3) is 0.167. The third kappa shape index (κ3) is 2.85. The number of fused-ring (bicyclic) bond motifs is 1. The molecule has 4 heteroatoms. The fourth-order valence-electron chi connectivity index (χ4n) is 2.56. The van der Waals surface area contributed by atoms with E-state index in [0.29, 0.717) is 5.02 Å². The molecule has 0 aliphatic carbocycles. The van der Waals surface area contributed by atoms with Crippen molar-refractivity contribution in [3.63, 3.8) is 0 Å². The van der Waals surface area contributed by atoms with Crippen LogP contribution in [0.3, 0.4) is 0 Å². The molecule has 0 atom stereocenters. The number of pyridine rings is 1. The second-order valence-electron chi connectivity index (χ2n) is 5.38. The van der Waals surface area contributed by atoms with E-state index in [1.165, 1.54) is 16.5 Å². The van der Waals surface area contributed by atoms with Crippen molar-refractivity contribution in [3.8, 4) is 5.75 Å². The molecule has 0 aliphatic heterocycles. The van der Waals surface area contributed by atoms with Gasteiger partial charge in [-0.05, 0) is 43.7 Å². The number of aryl methyl sites for hydroxylation is 2. The van der Waals surface area contributed by atoms with Crippen LogP contribution in [0.1, 0.15) is 11.1 Å². The first-order valence-corrected chi connectivity index (χ1v) is 7.48. The first-order valence-electron chi connectivity index (χ1n) is 7.10. The minimum atomic E-state index is 0.663. The van der Waals surface area contributed by atoms with Gasteiger partial charge in [-0.2, -0.15) is 0 Å². The van der Waals surface area contributed by atoms with Crippen molar-refractivity contribution in [2.75, 3.05) is 12.4 Å². The molecule has 0 fully saturated rings. The van der Waals surface area contributed by atoms with E-state index >= 15 is 0 Å². The zero-order valence-corrected chi connectivity index (χ0v) is 13.6. The molecule has 3 rings (SSSR count). The zero-order chi connectivity index (χ0) is 15.7. The Kier molecular flexibility index (Phi) is 3.90. The van der Waals surface area contributed by atoms with Crippen LogP contribution in [0, 0.1) is 13.8 Å². The molecule has 3 aromatic rings. The molecule has 2 N–H and O–H groups in total. The number of halogens is 1. The van der Waals surface area contributed by atoms with Gasteiger partial charge in [0.15, 0.2) is 11.4 Å². The van der Waals surface area contributed by atoms with Gasteiger partial charge in [0.1, 0.15) is 5.52 Å². The quantitative estimate of drug-likeness (QED) is 0.762. The van der Waals surface area contributed by atoms with Gasteiger partial charge < -0.3 is 4.74 Å². The van der Waals surface area contributed by atoms with Gasteiger partial charge in [-0.3, -0.25) is 0 Å². The molecule has 1 heterocycles. The number of hydrogen-bond acceptors (Lipinski definition) is 2. The zero-order valence-electron chi connectivity index (χ0n) is 12.8. The van der Waals surface area contributed by atoms with Crippen LogP contribution < -0.4 is 15.0 Å². The van der Waals surface area contributed by atoms with Crippen molar-refractivity contribution in [1.29, 1.82) is 0 Å². The second-order valence-corrected chi connectivity index (χ2v) is 5.82. The Labute approximate surface area is 134 Å². The van der Waals surface area contributed by atoms with Crippen LogP contribution in [-0.4, -0.2) is 7.11 Å².